The molecule has 1 aliphatic heterocycles. The molecule has 2 aromatic rings. The first-order valence-corrected chi connectivity index (χ1v) is 9.32. The highest BCUT2D eigenvalue weighted by molar-refractivity contribution is 8.18. The predicted octanol–water partition coefficient (Wildman–Crippen LogP) is 4.15. The zero-order chi connectivity index (χ0) is 19.4. The molecule has 1 aromatic carbocycles. The van der Waals surface area contributed by atoms with Gasteiger partial charge in [0.1, 0.15) is 5.69 Å². The van der Waals surface area contributed by atoms with Crippen molar-refractivity contribution in [2.24, 2.45) is 4.99 Å². The molecule has 0 spiro atoms. The monoisotopic (exact) mass is 401 g/mol. The average molecular weight is 402 g/mol. The van der Waals surface area contributed by atoms with Gasteiger partial charge in [-0.25, -0.2) is 14.8 Å². The van der Waals surface area contributed by atoms with Crippen LogP contribution >= 0.6 is 23.4 Å². The summed E-state index contributed by atoms with van der Waals surface area (Å²) in [4.78, 5) is 34.8. The first-order valence-electron chi connectivity index (χ1n) is 8.12. The lowest BCUT2D eigenvalue weighted by Crippen LogP contribution is -2.28. The predicted molar refractivity (Wildman–Crippen MR) is 107 cm³/mol. The summed E-state index contributed by atoms with van der Waals surface area (Å²) >= 11 is 7.34. The SMILES string of the molecule is CCN1C(=O)/C(=C/c2ccc(C(=O)OC)cc2)SC1=Nc1cccnc1Cl. The summed E-state index contributed by atoms with van der Waals surface area (Å²) in [5, 5.41) is 0.833. The maximum atomic E-state index is 12.7. The Morgan fingerprint density at radius 2 is 2.07 bits per heavy atom. The van der Waals surface area contributed by atoms with Gasteiger partial charge >= 0.3 is 5.97 Å². The van der Waals surface area contributed by atoms with Crippen LogP contribution in [0.5, 0.6) is 0 Å². The van der Waals surface area contributed by atoms with E-state index >= 15 is 0 Å². The van der Waals surface area contributed by atoms with Crippen LogP contribution in [0.3, 0.4) is 0 Å². The van der Waals surface area contributed by atoms with Gasteiger partial charge in [0.2, 0.25) is 0 Å². The number of esters is 1. The molecule has 0 atom stereocenters. The number of aromatic nitrogens is 1. The zero-order valence-electron chi connectivity index (χ0n) is 14.7. The van der Waals surface area contributed by atoms with E-state index < -0.39 is 5.97 Å². The third-order valence-corrected chi connectivity index (χ3v) is 5.09. The van der Waals surface area contributed by atoms with Crippen LogP contribution in [0.1, 0.15) is 22.8 Å². The minimum Gasteiger partial charge on any atom is -0.465 e. The van der Waals surface area contributed by atoms with Gasteiger partial charge in [0.25, 0.3) is 5.91 Å². The molecule has 0 aliphatic carbocycles. The molecular formula is C19H16ClN3O3S. The van der Waals surface area contributed by atoms with Crippen molar-refractivity contribution in [3.05, 3.63) is 63.8 Å². The molecular weight excluding hydrogens is 386 g/mol. The van der Waals surface area contributed by atoms with Crippen LogP contribution in [0, 0.1) is 0 Å². The number of ether oxygens (including phenoxy) is 1. The number of aliphatic imine (C=N–C) groups is 1. The standard InChI is InChI=1S/C19H16ClN3O3S/c1-3-23-17(24)15(11-12-6-8-13(9-7-12)18(25)26-2)27-19(23)22-14-5-4-10-21-16(14)20/h4-11H,3H2,1-2H3/b15-11-,22-19?. The molecule has 1 saturated heterocycles. The molecule has 0 radical (unpaired) electrons. The van der Waals surface area contributed by atoms with Crippen molar-refractivity contribution in [1.82, 2.24) is 9.88 Å². The topological polar surface area (TPSA) is 71.9 Å². The van der Waals surface area contributed by atoms with E-state index in [1.807, 2.05) is 6.92 Å². The number of pyridine rings is 1. The molecule has 0 N–H and O–H groups in total. The fraction of sp³-hybridized carbons (Fsp3) is 0.158. The molecule has 1 fully saturated rings. The molecule has 3 rings (SSSR count). The van der Waals surface area contributed by atoms with E-state index in [1.54, 1.807) is 53.6 Å². The molecule has 1 aromatic heterocycles. The Kier molecular flexibility index (Phi) is 5.93. The number of halogens is 1. The summed E-state index contributed by atoms with van der Waals surface area (Å²) in [6.45, 7) is 2.37. The highest BCUT2D eigenvalue weighted by Crippen LogP contribution is 2.35. The van der Waals surface area contributed by atoms with E-state index in [1.165, 1.54) is 18.9 Å². The number of carbonyl (C=O) groups excluding carboxylic acids is 2. The third kappa shape index (κ3) is 4.20. The summed E-state index contributed by atoms with van der Waals surface area (Å²) in [6, 6.07) is 10.3. The quantitative estimate of drug-likeness (QED) is 0.437. The molecule has 8 heteroatoms. The van der Waals surface area contributed by atoms with Crippen LogP contribution in [0.15, 0.2) is 52.5 Å². The van der Waals surface area contributed by atoms with Gasteiger partial charge in [0.05, 0.1) is 17.6 Å². The molecule has 1 aliphatic rings. The first kappa shape index (κ1) is 19.1. The number of amides is 1. The van der Waals surface area contributed by atoms with Crippen molar-refractivity contribution in [1.29, 1.82) is 0 Å². The fourth-order valence-corrected chi connectivity index (χ4v) is 3.64. The Labute approximate surface area is 165 Å². The highest BCUT2D eigenvalue weighted by Gasteiger charge is 2.32. The van der Waals surface area contributed by atoms with E-state index in [0.717, 1.165) is 5.56 Å². The van der Waals surface area contributed by atoms with Crippen LogP contribution < -0.4 is 0 Å². The van der Waals surface area contributed by atoms with Gasteiger partial charge in [-0.3, -0.25) is 9.69 Å². The molecule has 138 valence electrons. The van der Waals surface area contributed by atoms with Crippen molar-refractivity contribution in [3.8, 4) is 0 Å². The van der Waals surface area contributed by atoms with Crippen LogP contribution in [0.25, 0.3) is 6.08 Å². The maximum Gasteiger partial charge on any atom is 0.337 e. The van der Waals surface area contributed by atoms with Gasteiger partial charge in [0, 0.05) is 12.7 Å². The minimum absolute atomic E-state index is 0.127. The number of methoxy groups -OCH3 is 1. The van der Waals surface area contributed by atoms with Crippen LogP contribution in [-0.4, -0.2) is 40.6 Å². The number of likely N-dealkylation sites (N-methyl/N-ethyl adjacent to an activating group) is 1. The van der Waals surface area contributed by atoms with Crippen molar-refractivity contribution in [2.45, 2.75) is 6.92 Å². The number of amidine groups is 1. The smallest absolute Gasteiger partial charge is 0.337 e. The van der Waals surface area contributed by atoms with Crippen LogP contribution in [-0.2, 0) is 9.53 Å². The number of thioether (sulfide) groups is 1. The van der Waals surface area contributed by atoms with Crippen LogP contribution in [0.4, 0.5) is 5.69 Å². The second kappa shape index (κ2) is 8.37. The van der Waals surface area contributed by atoms with E-state index in [9.17, 15) is 9.59 Å². The first-order chi connectivity index (χ1) is 13.0. The Bertz CT molecular complexity index is 941. The number of hydrogen-bond donors (Lipinski definition) is 0. The van der Waals surface area contributed by atoms with Crippen LogP contribution in [0.2, 0.25) is 5.15 Å². The minimum atomic E-state index is -0.402. The Morgan fingerprint density at radius 3 is 2.70 bits per heavy atom. The summed E-state index contributed by atoms with van der Waals surface area (Å²) in [7, 11) is 1.33. The Hall–Kier alpha value is -2.64. The van der Waals surface area contributed by atoms with E-state index in [-0.39, 0.29) is 11.1 Å². The number of rotatable bonds is 4. The second-order valence-electron chi connectivity index (χ2n) is 5.48. The summed E-state index contributed by atoms with van der Waals surface area (Å²) < 4.78 is 4.68. The zero-order valence-corrected chi connectivity index (χ0v) is 16.3. The summed E-state index contributed by atoms with van der Waals surface area (Å²) in [6.07, 6.45) is 3.35. The second-order valence-corrected chi connectivity index (χ2v) is 6.85. The molecule has 0 unspecified atom stereocenters. The van der Waals surface area contributed by atoms with Gasteiger partial charge in [-0.2, -0.15) is 0 Å². The van der Waals surface area contributed by atoms with Crippen molar-refractivity contribution >= 4 is 52.2 Å². The lowest BCUT2D eigenvalue weighted by atomic mass is 10.1. The van der Waals surface area contributed by atoms with E-state index in [4.69, 9.17) is 11.6 Å². The van der Waals surface area contributed by atoms with E-state index in [2.05, 4.69) is 14.7 Å². The molecule has 27 heavy (non-hydrogen) atoms. The Balaban J connectivity index is 1.89. The highest BCUT2D eigenvalue weighted by atomic mass is 35.5. The van der Waals surface area contributed by atoms with E-state index in [0.29, 0.717) is 27.9 Å². The average Bonchev–Trinajstić information content (AvgIpc) is 2.98. The van der Waals surface area contributed by atoms with Gasteiger partial charge in [-0.05, 0) is 54.6 Å². The number of benzene rings is 1. The van der Waals surface area contributed by atoms with Gasteiger partial charge < -0.3 is 4.74 Å². The summed E-state index contributed by atoms with van der Waals surface area (Å²) in [5.74, 6) is -0.529. The lowest BCUT2D eigenvalue weighted by molar-refractivity contribution is -0.122. The van der Waals surface area contributed by atoms with Crippen molar-refractivity contribution < 1.29 is 14.3 Å². The Morgan fingerprint density at radius 1 is 1.33 bits per heavy atom. The fourth-order valence-electron chi connectivity index (χ4n) is 2.42. The number of carbonyl (C=O) groups is 2. The molecule has 2 heterocycles. The molecule has 0 bridgehead atoms. The van der Waals surface area contributed by atoms with Gasteiger partial charge in [0.15, 0.2) is 10.3 Å². The third-order valence-electron chi connectivity index (χ3n) is 3.79. The largest absolute Gasteiger partial charge is 0.465 e. The number of nitrogens with zero attached hydrogens (tertiary/aromatic N) is 3. The lowest BCUT2D eigenvalue weighted by Gasteiger charge is -2.12. The van der Waals surface area contributed by atoms with Gasteiger partial charge in [-0.15, -0.1) is 0 Å². The van der Waals surface area contributed by atoms with Gasteiger partial charge in [-0.1, -0.05) is 23.7 Å². The summed E-state index contributed by atoms with van der Waals surface area (Å²) in [5.41, 5.74) is 1.76. The maximum absolute atomic E-state index is 12.7. The normalized spacial score (nSPS) is 17.0. The van der Waals surface area contributed by atoms with Crippen molar-refractivity contribution in [2.75, 3.05) is 13.7 Å². The molecule has 1 amide bonds. The number of hydrogen-bond acceptors (Lipinski definition) is 6. The van der Waals surface area contributed by atoms with Crippen molar-refractivity contribution in [3.63, 3.8) is 0 Å². The molecule has 0 saturated carbocycles. The molecule has 6 nitrogen and oxygen atoms in total.